The third-order valence-electron chi connectivity index (χ3n) is 2.36. The number of likely N-dealkylation sites (tertiary alicyclic amines) is 1. The molecule has 1 fully saturated rings. The largest absolute Gasteiger partial charge is 0.453 e. The Bertz CT molecular complexity index is 205. The van der Waals surface area contributed by atoms with Gasteiger partial charge in [-0.3, -0.25) is 0 Å². The van der Waals surface area contributed by atoms with Crippen LogP contribution in [0.15, 0.2) is 12.7 Å². The van der Waals surface area contributed by atoms with Crippen molar-refractivity contribution < 1.29 is 14.6 Å². The minimum absolute atomic E-state index is 0.0344. The van der Waals surface area contributed by atoms with Crippen molar-refractivity contribution in [1.29, 1.82) is 0 Å². The predicted molar refractivity (Wildman–Crippen MR) is 48.3 cm³/mol. The normalized spacial score (nSPS) is 28.3. The summed E-state index contributed by atoms with van der Waals surface area (Å²) in [6.07, 6.45) is 1.56. The number of carbonyl (C=O) groups is 1. The Hall–Kier alpha value is -1.03. The average molecular weight is 185 g/mol. The van der Waals surface area contributed by atoms with E-state index < -0.39 is 0 Å². The quantitative estimate of drug-likeness (QED) is 0.609. The first-order valence-electron chi connectivity index (χ1n) is 4.32. The number of aliphatic hydroxyl groups excluding tert-OH is 1. The number of nitrogens with zero attached hydrogens (tertiary/aromatic N) is 1. The van der Waals surface area contributed by atoms with Gasteiger partial charge in [0.2, 0.25) is 0 Å². The van der Waals surface area contributed by atoms with Crippen LogP contribution in [-0.4, -0.2) is 42.4 Å². The number of hydrogen-bond acceptors (Lipinski definition) is 3. The van der Waals surface area contributed by atoms with Crippen molar-refractivity contribution in [2.24, 2.45) is 5.92 Å². The van der Waals surface area contributed by atoms with Crippen LogP contribution in [0.4, 0.5) is 4.79 Å². The summed E-state index contributed by atoms with van der Waals surface area (Å²) < 4.78 is 4.59. The molecule has 1 heterocycles. The van der Waals surface area contributed by atoms with Gasteiger partial charge in [0, 0.05) is 19.0 Å². The fourth-order valence-corrected chi connectivity index (χ4v) is 1.50. The third kappa shape index (κ3) is 2.21. The number of hydrogen-bond donors (Lipinski definition) is 1. The highest BCUT2D eigenvalue weighted by Gasteiger charge is 2.28. The second-order valence-corrected chi connectivity index (χ2v) is 3.17. The van der Waals surface area contributed by atoms with E-state index in [0.29, 0.717) is 19.5 Å². The zero-order valence-electron chi connectivity index (χ0n) is 7.77. The molecular formula is C9H15NO3. The van der Waals surface area contributed by atoms with E-state index in [1.54, 1.807) is 11.0 Å². The summed E-state index contributed by atoms with van der Waals surface area (Å²) in [6, 6.07) is 0. The number of methoxy groups -OCH3 is 1. The summed E-state index contributed by atoms with van der Waals surface area (Å²) in [7, 11) is 1.36. The summed E-state index contributed by atoms with van der Waals surface area (Å²) in [4.78, 5) is 12.7. The van der Waals surface area contributed by atoms with E-state index in [9.17, 15) is 9.90 Å². The van der Waals surface area contributed by atoms with Crippen molar-refractivity contribution in [3.63, 3.8) is 0 Å². The summed E-state index contributed by atoms with van der Waals surface area (Å²) in [6.45, 7) is 4.67. The molecule has 4 nitrogen and oxygen atoms in total. The van der Waals surface area contributed by atoms with Gasteiger partial charge in [-0.25, -0.2) is 4.79 Å². The molecule has 0 aromatic rings. The average Bonchev–Trinajstić information content (AvgIpc) is 2.17. The van der Waals surface area contributed by atoms with Gasteiger partial charge in [0.1, 0.15) is 0 Å². The molecule has 4 heteroatoms. The second-order valence-electron chi connectivity index (χ2n) is 3.17. The van der Waals surface area contributed by atoms with E-state index in [-0.39, 0.29) is 18.1 Å². The molecule has 13 heavy (non-hydrogen) atoms. The lowest BCUT2D eigenvalue weighted by Gasteiger charge is -2.33. The fraction of sp³-hybridized carbons (Fsp3) is 0.667. The molecule has 1 amide bonds. The minimum atomic E-state index is -0.376. The SMILES string of the molecule is C=C[C@H]1CN(C(=O)OC)CC[C@H]1O. The standard InChI is InChI=1S/C9H15NO3/c1-3-7-6-10(9(12)13-2)5-4-8(7)11/h3,7-8,11H,1,4-6H2,2H3/t7-,8+/m0/s1. The van der Waals surface area contributed by atoms with Gasteiger partial charge in [-0.2, -0.15) is 0 Å². The maximum atomic E-state index is 11.1. The maximum Gasteiger partial charge on any atom is 0.409 e. The predicted octanol–water partition coefficient (Wildman–Crippen LogP) is 0.622. The van der Waals surface area contributed by atoms with E-state index in [2.05, 4.69) is 11.3 Å². The number of piperidine rings is 1. The molecule has 0 radical (unpaired) electrons. The van der Waals surface area contributed by atoms with Gasteiger partial charge in [0.05, 0.1) is 13.2 Å². The first-order chi connectivity index (χ1) is 6.19. The van der Waals surface area contributed by atoms with Crippen LogP contribution in [0.1, 0.15) is 6.42 Å². The van der Waals surface area contributed by atoms with Gasteiger partial charge >= 0.3 is 6.09 Å². The molecule has 0 unspecified atom stereocenters. The molecule has 0 bridgehead atoms. The first-order valence-corrected chi connectivity index (χ1v) is 4.32. The summed E-state index contributed by atoms with van der Waals surface area (Å²) >= 11 is 0. The molecule has 0 aromatic carbocycles. The van der Waals surface area contributed by atoms with Crippen LogP contribution in [0.3, 0.4) is 0 Å². The van der Waals surface area contributed by atoms with Crippen molar-refractivity contribution in [1.82, 2.24) is 4.90 Å². The van der Waals surface area contributed by atoms with Crippen molar-refractivity contribution >= 4 is 6.09 Å². The molecule has 2 atom stereocenters. The van der Waals surface area contributed by atoms with Gasteiger partial charge in [-0.05, 0) is 6.42 Å². The van der Waals surface area contributed by atoms with E-state index in [0.717, 1.165) is 0 Å². The lowest BCUT2D eigenvalue weighted by atomic mass is 9.95. The van der Waals surface area contributed by atoms with E-state index >= 15 is 0 Å². The molecule has 1 aliphatic rings. The lowest BCUT2D eigenvalue weighted by molar-refractivity contribution is 0.0423. The van der Waals surface area contributed by atoms with Crippen LogP contribution in [0.5, 0.6) is 0 Å². The Balaban J connectivity index is 2.54. The molecular weight excluding hydrogens is 170 g/mol. The van der Waals surface area contributed by atoms with Crippen LogP contribution < -0.4 is 0 Å². The Morgan fingerprint density at radius 2 is 2.46 bits per heavy atom. The lowest BCUT2D eigenvalue weighted by Crippen LogP contribution is -2.45. The molecule has 74 valence electrons. The zero-order chi connectivity index (χ0) is 9.84. The highest BCUT2D eigenvalue weighted by molar-refractivity contribution is 5.67. The number of carbonyl (C=O) groups excluding carboxylic acids is 1. The Morgan fingerprint density at radius 3 is 3.00 bits per heavy atom. The zero-order valence-corrected chi connectivity index (χ0v) is 7.77. The molecule has 1 N–H and O–H groups in total. The topological polar surface area (TPSA) is 49.8 Å². The van der Waals surface area contributed by atoms with Crippen LogP contribution in [0.2, 0.25) is 0 Å². The molecule has 0 spiro atoms. The highest BCUT2D eigenvalue weighted by atomic mass is 16.5. The van der Waals surface area contributed by atoms with Crippen molar-refractivity contribution in [3.8, 4) is 0 Å². The third-order valence-corrected chi connectivity index (χ3v) is 2.36. The minimum Gasteiger partial charge on any atom is -0.453 e. The number of amides is 1. The number of ether oxygens (including phenoxy) is 1. The van der Waals surface area contributed by atoms with Crippen LogP contribution in [0, 0.1) is 5.92 Å². The second kappa shape index (κ2) is 4.28. The number of aliphatic hydroxyl groups is 1. The Kier molecular flexibility index (Phi) is 3.31. The monoisotopic (exact) mass is 185 g/mol. The van der Waals surface area contributed by atoms with Crippen LogP contribution in [0.25, 0.3) is 0 Å². The van der Waals surface area contributed by atoms with Gasteiger partial charge in [0.25, 0.3) is 0 Å². The van der Waals surface area contributed by atoms with Gasteiger partial charge in [-0.15, -0.1) is 6.58 Å². The van der Waals surface area contributed by atoms with E-state index in [1.165, 1.54) is 7.11 Å². The van der Waals surface area contributed by atoms with E-state index in [4.69, 9.17) is 0 Å². The fourth-order valence-electron chi connectivity index (χ4n) is 1.50. The molecule has 0 aromatic heterocycles. The first kappa shape index (κ1) is 10.1. The summed E-state index contributed by atoms with van der Waals surface area (Å²) in [5.41, 5.74) is 0. The van der Waals surface area contributed by atoms with Crippen molar-refractivity contribution in [3.05, 3.63) is 12.7 Å². The summed E-state index contributed by atoms with van der Waals surface area (Å²) in [5, 5.41) is 9.49. The summed E-state index contributed by atoms with van der Waals surface area (Å²) in [5.74, 6) is -0.0344. The van der Waals surface area contributed by atoms with Gasteiger partial charge in [0.15, 0.2) is 0 Å². The number of rotatable bonds is 1. The van der Waals surface area contributed by atoms with Crippen molar-refractivity contribution in [2.45, 2.75) is 12.5 Å². The Morgan fingerprint density at radius 1 is 1.77 bits per heavy atom. The molecule has 0 saturated carbocycles. The van der Waals surface area contributed by atoms with Crippen LogP contribution >= 0.6 is 0 Å². The molecule has 1 rings (SSSR count). The highest BCUT2D eigenvalue weighted by Crippen LogP contribution is 2.18. The maximum absolute atomic E-state index is 11.1. The van der Waals surface area contributed by atoms with Gasteiger partial charge < -0.3 is 14.7 Å². The van der Waals surface area contributed by atoms with Crippen LogP contribution in [-0.2, 0) is 4.74 Å². The Labute approximate surface area is 77.8 Å². The molecule has 1 saturated heterocycles. The molecule has 1 aliphatic heterocycles. The molecule has 0 aliphatic carbocycles. The van der Waals surface area contributed by atoms with Crippen molar-refractivity contribution in [2.75, 3.05) is 20.2 Å². The van der Waals surface area contributed by atoms with E-state index in [1.807, 2.05) is 0 Å². The smallest absolute Gasteiger partial charge is 0.409 e. The van der Waals surface area contributed by atoms with Gasteiger partial charge in [-0.1, -0.05) is 6.08 Å².